The standard InChI is InChI=1S/C30H37N3O2/c1-5-7-9-11-13-15-22-24-18-17-21(3)32(24)29(34)27-23(16-14-12-10-8-6-2)25-19-20-26(31-4)33(25)30(35)28(22)27/h17-20H,5-16H2,1-3H3. The van der Waals surface area contributed by atoms with Crippen molar-refractivity contribution in [3.8, 4) is 0 Å². The van der Waals surface area contributed by atoms with Gasteiger partial charge in [0.05, 0.1) is 16.3 Å². The van der Waals surface area contributed by atoms with Gasteiger partial charge in [0, 0.05) is 11.3 Å². The molecule has 4 aromatic heterocycles. The summed E-state index contributed by atoms with van der Waals surface area (Å²) in [6.45, 7) is 14.0. The lowest BCUT2D eigenvalue weighted by Crippen LogP contribution is -2.24. The van der Waals surface area contributed by atoms with E-state index in [4.69, 9.17) is 6.57 Å². The zero-order chi connectivity index (χ0) is 24.9. The first kappa shape index (κ1) is 25.0. The van der Waals surface area contributed by atoms with E-state index in [1.165, 1.54) is 38.5 Å². The van der Waals surface area contributed by atoms with Crippen molar-refractivity contribution in [2.24, 2.45) is 0 Å². The van der Waals surface area contributed by atoms with Gasteiger partial charge in [0.25, 0.3) is 5.56 Å². The fourth-order valence-corrected chi connectivity index (χ4v) is 5.58. The Kier molecular flexibility index (Phi) is 7.90. The molecule has 0 fully saturated rings. The van der Waals surface area contributed by atoms with E-state index in [1.807, 2.05) is 25.1 Å². The van der Waals surface area contributed by atoms with E-state index < -0.39 is 0 Å². The van der Waals surface area contributed by atoms with Crippen LogP contribution in [-0.4, -0.2) is 8.80 Å². The van der Waals surface area contributed by atoms with Crippen LogP contribution in [0.25, 0.3) is 26.7 Å². The van der Waals surface area contributed by atoms with E-state index in [9.17, 15) is 9.59 Å². The molecule has 0 bridgehead atoms. The van der Waals surface area contributed by atoms with Gasteiger partial charge in [0.15, 0.2) is 0 Å². The number of nitrogens with zero attached hydrogens (tertiary/aromatic N) is 3. The van der Waals surface area contributed by atoms with Crippen molar-refractivity contribution in [1.29, 1.82) is 0 Å². The van der Waals surface area contributed by atoms with E-state index >= 15 is 0 Å². The van der Waals surface area contributed by atoms with Gasteiger partial charge >= 0.3 is 5.56 Å². The smallest absolute Gasteiger partial charge is 0.332 e. The summed E-state index contributed by atoms with van der Waals surface area (Å²) in [5, 5.41) is 1.11. The number of pyridine rings is 2. The Morgan fingerprint density at radius 1 is 0.686 bits per heavy atom. The number of aryl methyl sites for hydroxylation is 3. The highest BCUT2D eigenvalue weighted by atomic mass is 16.1. The maximum Gasteiger partial charge on any atom is 0.332 e. The topological polar surface area (TPSA) is 47.3 Å². The molecule has 0 aliphatic carbocycles. The third-order valence-corrected chi connectivity index (χ3v) is 7.42. The minimum absolute atomic E-state index is 0.0963. The van der Waals surface area contributed by atoms with E-state index in [2.05, 4.69) is 18.7 Å². The summed E-state index contributed by atoms with van der Waals surface area (Å²) in [6, 6.07) is 7.53. The van der Waals surface area contributed by atoms with Crippen molar-refractivity contribution in [2.75, 3.05) is 0 Å². The summed E-state index contributed by atoms with van der Waals surface area (Å²) < 4.78 is 3.36. The number of hydrogen-bond acceptors (Lipinski definition) is 2. The third-order valence-electron chi connectivity index (χ3n) is 7.42. The van der Waals surface area contributed by atoms with Crippen LogP contribution in [0.15, 0.2) is 33.9 Å². The van der Waals surface area contributed by atoms with E-state index in [1.54, 1.807) is 14.9 Å². The van der Waals surface area contributed by atoms with Gasteiger partial charge in [-0.15, -0.1) is 0 Å². The van der Waals surface area contributed by atoms with E-state index in [0.717, 1.165) is 66.4 Å². The molecule has 35 heavy (non-hydrogen) atoms. The Balaban J connectivity index is 1.97. The summed E-state index contributed by atoms with van der Waals surface area (Å²) >= 11 is 0. The van der Waals surface area contributed by atoms with Gasteiger partial charge in [0.2, 0.25) is 5.82 Å². The van der Waals surface area contributed by atoms with E-state index in [-0.39, 0.29) is 11.1 Å². The van der Waals surface area contributed by atoms with Gasteiger partial charge in [0.1, 0.15) is 5.52 Å². The van der Waals surface area contributed by atoms with Crippen molar-refractivity contribution in [3.63, 3.8) is 0 Å². The van der Waals surface area contributed by atoms with Crippen LogP contribution >= 0.6 is 0 Å². The highest BCUT2D eigenvalue weighted by Crippen LogP contribution is 2.30. The van der Waals surface area contributed by atoms with Gasteiger partial charge in [-0.25, -0.2) is 9.20 Å². The lowest BCUT2D eigenvalue weighted by molar-refractivity contribution is 0.632. The molecule has 4 rings (SSSR count). The van der Waals surface area contributed by atoms with Gasteiger partial charge in [-0.3, -0.25) is 9.20 Å². The molecule has 0 N–H and O–H groups in total. The molecule has 4 aromatic rings. The molecule has 184 valence electrons. The Morgan fingerprint density at radius 3 is 1.71 bits per heavy atom. The van der Waals surface area contributed by atoms with Crippen molar-refractivity contribution in [3.05, 3.63) is 73.2 Å². The monoisotopic (exact) mass is 471 g/mol. The van der Waals surface area contributed by atoms with Crippen LogP contribution < -0.4 is 11.1 Å². The van der Waals surface area contributed by atoms with Crippen LogP contribution in [-0.2, 0) is 12.8 Å². The average molecular weight is 472 g/mol. The highest BCUT2D eigenvalue weighted by molar-refractivity contribution is 5.96. The zero-order valence-electron chi connectivity index (χ0n) is 21.5. The second-order valence-corrected chi connectivity index (χ2v) is 9.87. The van der Waals surface area contributed by atoms with Gasteiger partial charge in [-0.1, -0.05) is 71.8 Å². The SMILES string of the molecule is [C-]#[N+]c1ccc2c(CCCCCCC)c3c(=O)n4c(C)ccc4c(CCCCCCC)c3c(=O)n12. The fraction of sp³-hybridized carbons (Fsp3) is 0.500. The number of fused-ring (bicyclic) bond motifs is 3. The lowest BCUT2D eigenvalue weighted by atomic mass is 9.95. The summed E-state index contributed by atoms with van der Waals surface area (Å²) in [4.78, 5) is 31.5. The van der Waals surface area contributed by atoms with Crippen molar-refractivity contribution < 1.29 is 0 Å². The second-order valence-electron chi connectivity index (χ2n) is 9.87. The predicted molar refractivity (Wildman–Crippen MR) is 146 cm³/mol. The lowest BCUT2D eigenvalue weighted by Gasteiger charge is -2.14. The molecule has 0 atom stereocenters. The Labute approximate surface area is 207 Å². The van der Waals surface area contributed by atoms with Crippen LogP contribution in [0.1, 0.15) is 94.9 Å². The predicted octanol–water partition coefficient (Wildman–Crippen LogP) is 7.39. The van der Waals surface area contributed by atoms with Crippen LogP contribution in [0.2, 0.25) is 0 Å². The number of unbranched alkanes of at least 4 members (excludes halogenated alkanes) is 8. The van der Waals surface area contributed by atoms with Crippen LogP contribution in [0, 0.1) is 13.5 Å². The molecule has 0 aromatic carbocycles. The molecule has 5 heteroatoms. The number of rotatable bonds is 12. The summed E-state index contributed by atoms with van der Waals surface area (Å²) in [5.41, 5.74) is 4.05. The Bertz CT molecular complexity index is 1490. The molecule has 0 saturated carbocycles. The third kappa shape index (κ3) is 4.59. The van der Waals surface area contributed by atoms with Crippen molar-refractivity contribution in [2.45, 2.75) is 97.8 Å². The van der Waals surface area contributed by atoms with Gasteiger partial charge in [-0.2, -0.15) is 0 Å². The molecule has 5 nitrogen and oxygen atoms in total. The van der Waals surface area contributed by atoms with Crippen LogP contribution in [0.4, 0.5) is 5.82 Å². The Hall–Kier alpha value is -3.13. The number of hydrogen-bond donors (Lipinski definition) is 0. The first-order valence-electron chi connectivity index (χ1n) is 13.4. The summed E-state index contributed by atoms with van der Waals surface area (Å²) in [6.07, 6.45) is 12.8. The molecule has 0 spiro atoms. The van der Waals surface area contributed by atoms with Gasteiger partial charge < -0.3 is 4.85 Å². The minimum atomic E-state index is -0.220. The van der Waals surface area contributed by atoms with Crippen LogP contribution in [0.3, 0.4) is 0 Å². The minimum Gasteiger partial charge on any atom is -0.364 e. The molecule has 0 radical (unpaired) electrons. The van der Waals surface area contributed by atoms with Crippen molar-refractivity contribution >= 4 is 27.6 Å². The van der Waals surface area contributed by atoms with Gasteiger partial charge in [-0.05, 0) is 62.4 Å². The number of aromatic nitrogens is 2. The molecule has 0 saturated heterocycles. The second kappa shape index (κ2) is 11.1. The molecular formula is C30H37N3O2. The molecule has 0 unspecified atom stereocenters. The summed E-state index contributed by atoms with van der Waals surface area (Å²) in [5.74, 6) is 0.326. The van der Waals surface area contributed by atoms with Crippen LogP contribution in [0.5, 0.6) is 0 Å². The quantitative estimate of drug-likeness (QED) is 0.160. The van der Waals surface area contributed by atoms with E-state index in [0.29, 0.717) is 16.6 Å². The zero-order valence-corrected chi connectivity index (χ0v) is 21.5. The molecule has 0 aliphatic rings. The molecule has 0 amide bonds. The first-order valence-corrected chi connectivity index (χ1v) is 13.4. The molecule has 4 heterocycles. The molecular weight excluding hydrogens is 434 g/mol. The average Bonchev–Trinajstić information content (AvgIpc) is 3.46. The maximum absolute atomic E-state index is 13.9. The first-order chi connectivity index (χ1) is 17.0. The largest absolute Gasteiger partial charge is 0.364 e. The maximum atomic E-state index is 13.9. The fourth-order valence-electron chi connectivity index (χ4n) is 5.58. The van der Waals surface area contributed by atoms with Crippen molar-refractivity contribution in [1.82, 2.24) is 8.80 Å². The molecule has 0 aliphatic heterocycles. The highest BCUT2D eigenvalue weighted by Gasteiger charge is 2.25. The normalized spacial score (nSPS) is 11.7. The Morgan fingerprint density at radius 2 is 1.17 bits per heavy atom. The summed E-state index contributed by atoms with van der Waals surface area (Å²) in [7, 11) is 0.